The van der Waals surface area contributed by atoms with E-state index in [1.165, 1.54) is 24.3 Å². The van der Waals surface area contributed by atoms with E-state index in [1.54, 1.807) is 0 Å². The summed E-state index contributed by atoms with van der Waals surface area (Å²) in [5.74, 6) is -1.49. The number of rotatable bonds is 5. The van der Waals surface area contributed by atoms with Crippen LogP contribution in [0.2, 0.25) is 0 Å². The summed E-state index contributed by atoms with van der Waals surface area (Å²) in [6.45, 7) is -3.07. The van der Waals surface area contributed by atoms with Crippen LogP contribution in [0.25, 0.3) is 0 Å². The first-order valence-electron chi connectivity index (χ1n) is 4.62. The maximum absolute atomic E-state index is 12.1. The third-order valence-corrected chi connectivity index (χ3v) is 2.04. The van der Waals surface area contributed by atoms with Gasteiger partial charge in [-0.15, -0.1) is 0 Å². The minimum atomic E-state index is -3.07. The van der Waals surface area contributed by atoms with Gasteiger partial charge in [-0.1, -0.05) is 18.2 Å². The summed E-state index contributed by atoms with van der Waals surface area (Å²) in [5.41, 5.74) is 4.65. The number of nitrogens with two attached hydrogens (primary N) is 1. The van der Waals surface area contributed by atoms with E-state index in [1.807, 2.05) is 0 Å². The smallest absolute Gasteiger partial charge is 0.387 e. The lowest BCUT2D eigenvalue weighted by molar-refractivity contribution is -0.132. The van der Waals surface area contributed by atoms with Gasteiger partial charge in [-0.2, -0.15) is 8.78 Å². The van der Waals surface area contributed by atoms with Gasteiger partial charge in [-0.05, 0) is 6.07 Å². The van der Waals surface area contributed by atoms with E-state index in [4.69, 9.17) is 5.73 Å². The average Bonchev–Trinajstić information content (AvgIpc) is 2.27. The first-order chi connectivity index (χ1) is 7.93. The first kappa shape index (κ1) is 13.3. The lowest BCUT2D eigenvalue weighted by atomic mass is 10.0. The van der Waals surface area contributed by atoms with Crippen molar-refractivity contribution in [3.63, 3.8) is 0 Å². The molecule has 0 aliphatic carbocycles. The third-order valence-electron chi connectivity index (χ3n) is 2.04. The first-order valence-corrected chi connectivity index (χ1v) is 4.62. The monoisotopic (exact) mass is 247 g/mol. The Bertz CT molecular complexity index is 400. The molecular formula is C10H11F2NO4. The summed E-state index contributed by atoms with van der Waals surface area (Å²) < 4.78 is 28.3. The molecule has 4 N–H and O–H groups in total. The van der Waals surface area contributed by atoms with Gasteiger partial charge in [0.05, 0.1) is 0 Å². The number of amides is 1. The van der Waals surface area contributed by atoms with E-state index < -0.39 is 24.7 Å². The summed E-state index contributed by atoms with van der Waals surface area (Å²) >= 11 is 0. The Kier molecular flexibility index (Phi) is 4.36. The Morgan fingerprint density at radius 2 is 1.88 bits per heavy atom. The van der Waals surface area contributed by atoms with Gasteiger partial charge < -0.3 is 20.7 Å². The van der Waals surface area contributed by atoms with Crippen LogP contribution in [-0.2, 0) is 4.79 Å². The molecule has 1 aromatic rings. The van der Waals surface area contributed by atoms with Crippen LogP contribution in [0.1, 0.15) is 11.7 Å². The van der Waals surface area contributed by atoms with Gasteiger partial charge >= 0.3 is 6.61 Å². The normalized spacial score (nSPS) is 14.4. The summed E-state index contributed by atoms with van der Waals surface area (Å²) in [5, 5.41) is 18.8. The molecule has 1 rings (SSSR count). The molecule has 0 heterocycles. The predicted octanol–water partition coefficient (Wildman–Crippen LogP) is 0.168. The van der Waals surface area contributed by atoms with Crippen molar-refractivity contribution in [1.29, 1.82) is 0 Å². The number of ether oxygens (including phenoxy) is 1. The van der Waals surface area contributed by atoms with Crippen LogP contribution in [0, 0.1) is 0 Å². The summed E-state index contributed by atoms with van der Waals surface area (Å²) in [6.07, 6.45) is -3.61. The quantitative estimate of drug-likeness (QED) is 0.691. The summed E-state index contributed by atoms with van der Waals surface area (Å²) in [4.78, 5) is 10.7. The number of hydrogen-bond acceptors (Lipinski definition) is 4. The minimum absolute atomic E-state index is 0.140. The van der Waals surface area contributed by atoms with E-state index in [-0.39, 0.29) is 11.3 Å². The highest BCUT2D eigenvalue weighted by atomic mass is 19.3. The summed E-state index contributed by atoms with van der Waals surface area (Å²) in [7, 11) is 0. The van der Waals surface area contributed by atoms with Gasteiger partial charge in [0.1, 0.15) is 11.9 Å². The van der Waals surface area contributed by atoms with E-state index in [0.29, 0.717) is 0 Å². The fourth-order valence-electron chi connectivity index (χ4n) is 1.25. The predicted molar refractivity (Wildman–Crippen MR) is 53.2 cm³/mol. The van der Waals surface area contributed by atoms with Gasteiger partial charge in [0.25, 0.3) is 0 Å². The Morgan fingerprint density at radius 1 is 1.29 bits per heavy atom. The number of benzene rings is 1. The Labute approximate surface area is 95.4 Å². The topological polar surface area (TPSA) is 92.8 Å². The Balaban J connectivity index is 3.00. The van der Waals surface area contributed by atoms with Crippen LogP contribution < -0.4 is 10.5 Å². The van der Waals surface area contributed by atoms with E-state index in [0.717, 1.165) is 0 Å². The molecule has 0 aliphatic heterocycles. The molecule has 1 amide bonds. The molecule has 0 radical (unpaired) electrons. The molecule has 0 spiro atoms. The lowest BCUT2D eigenvalue weighted by Gasteiger charge is -2.18. The molecule has 0 aromatic heterocycles. The second-order valence-corrected chi connectivity index (χ2v) is 3.21. The van der Waals surface area contributed by atoms with Crippen molar-refractivity contribution in [3.05, 3.63) is 29.8 Å². The van der Waals surface area contributed by atoms with E-state index in [2.05, 4.69) is 4.74 Å². The molecule has 1 aromatic carbocycles. The molecule has 0 aliphatic rings. The zero-order valence-electron chi connectivity index (χ0n) is 8.59. The SMILES string of the molecule is NC(=O)C(O)C(O)c1ccccc1OC(F)F. The molecular weight excluding hydrogens is 236 g/mol. The number of carbonyl (C=O) groups excluding carboxylic acids is 1. The fourth-order valence-corrected chi connectivity index (χ4v) is 1.25. The number of alkyl halides is 2. The minimum Gasteiger partial charge on any atom is -0.434 e. The fraction of sp³-hybridized carbons (Fsp3) is 0.300. The van der Waals surface area contributed by atoms with Crippen molar-refractivity contribution >= 4 is 5.91 Å². The molecule has 7 heteroatoms. The van der Waals surface area contributed by atoms with Crippen LogP contribution in [-0.4, -0.2) is 28.8 Å². The van der Waals surface area contributed by atoms with E-state index >= 15 is 0 Å². The molecule has 0 fully saturated rings. The van der Waals surface area contributed by atoms with Gasteiger partial charge in [0.2, 0.25) is 5.91 Å². The van der Waals surface area contributed by atoms with Crippen molar-refractivity contribution in [1.82, 2.24) is 0 Å². The second-order valence-electron chi connectivity index (χ2n) is 3.21. The molecule has 17 heavy (non-hydrogen) atoms. The van der Waals surface area contributed by atoms with Crippen molar-refractivity contribution in [3.8, 4) is 5.75 Å². The molecule has 0 saturated heterocycles. The Morgan fingerprint density at radius 3 is 2.41 bits per heavy atom. The zero-order chi connectivity index (χ0) is 13.0. The van der Waals surface area contributed by atoms with Crippen molar-refractivity contribution in [2.24, 2.45) is 5.73 Å². The highest BCUT2D eigenvalue weighted by Gasteiger charge is 2.26. The zero-order valence-corrected chi connectivity index (χ0v) is 8.59. The van der Waals surface area contributed by atoms with Crippen LogP contribution in [0.5, 0.6) is 5.75 Å². The Hall–Kier alpha value is -1.73. The average molecular weight is 247 g/mol. The van der Waals surface area contributed by atoms with Crippen LogP contribution in [0.15, 0.2) is 24.3 Å². The number of hydrogen-bond donors (Lipinski definition) is 3. The van der Waals surface area contributed by atoms with Gasteiger partial charge in [-0.3, -0.25) is 4.79 Å². The highest BCUT2D eigenvalue weighted by molar-refractivity contribution is 5.79. The van der Waals surface area contributed by atoms with Crippen LogP contribution in [0.4, 0.5) is 8.78 Å². The van der Waals surface area contributed by atoms with Crippen molar-refractivity contribution < 1.29 is 28.5 Å². The van der Waals surface area contributed by atoms with Gasteiger partial charge in [0.15, 0.2) is 6.10 Å². The number of aliphatic hydroxyl groups excluding tert-OH is 2. The van der Waals surface area contributed by atoms with E-state index in [9.17, 15) is 23.8 Å². The van der Waals surface area contributed by atoms with Crippen LogP contribution >= 0.6 is 0 Å². The van der Waals surface area contributed by atoms with Crippen molar-refractivity contribution in [2.45, 2.75) is 18.8 Å². The van der Waals surface area contributed by atoms with Gasteiger partial charge in [-0.25, -0.2) is 0 Å². The molecule has 2 unspecified atom stereocenters. The maximum Gasteiger partial charge on any atom is 0.387 e. The molecule has 5 nitrogen and oxygen atoms in total. The number of halogens is 2. The standard InChI is InChI=1S/C10H11F2NO4/c11-10(12)17-6-4-2-1-3-5(6)7(14)8(15)9(13)16/h1-4,7-8,10,14-15H,(H2,13,16). The maximum atomic E-state index is 12.1. The number of para-hydroxylation sites is 1. The third kappa shape index (κ3) is 3.36. The molecule has 2 atom stereocenters. The second kappa shape index (κ2) is 5.55. The molecule has 94 valence electrons. The van der Waals surface area contributed by atoms with Crippen LogP contribution in [0.3, 0.4) is 0 Å². The molecule has 0 saturated carbocycles. The number of primary amides is 1. The number of carbonyl (C=O) groups is 1. The largest absolute Gasteiger partial charge is 0.434 e. The van der Waals surface area contributed by atoms with Crippen molar-refractivity contribution in [2.75, 3.05) is 0 Å². The molecule has 0 bridgehead atoms. The highest BCUT2D eigenvalue weighted by Crippen LogP contribution is 2.28. The number of aliphatic hydroxyl groups is 2. The lowest BCUT2D eigenvalue weighted by Crippen LogP contribution is -2.34. The summed E-state index contributed by atoms with van der Waals surface area (Å²) in [6, 6.07) is 5.27. The van der Waals surface area contributed by atoms with Gasteiger partial charge in [0, 0.05) is 5.56 Å².